The van der Waals surface area contributed by atoms with E-state index in [0.717, 1.165) is 11.4 Å². The third-order valence-electron chi connectivity index (χ3n) is 5.22. The number of imidazole rings is 1. The lowest BCUT2D eigenvalue weighted by Gasteiger charge is -2.25. The van der Waals surface area contributed by atoms with Crippen LogP contribution in [0.1, 0.15) is 21.7 Å². The van der Waals surface area contributed by atoms with Crippen molar-refractivity contribution in [2.45, 2.75) is 19.4 Å². The number of nitrogens with zero attached hydrogens (tertiary/aromatic N) is 5. The molecule has 0 unspecified atom stereocenters. The second-order valence-electron chi connectivity index (χ2n) is 7.28. The minimum atomic E-state index is -2.38. The highest BCUT2D eigenvalue weighted by molar-refractivity contribution is 6.12. The number of carbonyl (C=O) groups excluding carboxylic acids is 1. The SMILES string of the molecule is O=C(Nc1cn[nH]c1-c1nc2c([nH]1)CN(CC(F)F)CC2)c1cnnc2ccccc12. The highest BCUT2D eigenvalue weighted by Crippen LogP contribution is 2.27. The van der Waals surface area contributed by atoms with Crippen LogP contribution >= 0.6 is 0 Å². The summed E-state index contributed by atoms with van der Waals surface area (Å²) in [4.78, 5) is 22.4. The highest BCUT2D eigenvalue weighted by atomic mass is 19.3. The summed E-state index contributed by atoms with van der Waals surface area (Å²) in [5, 5.41) is 18.3. The van der Waals surface area contributed by atoms with Crippen molar-refractivity contribution in [3.8, 4) is 11.5 Å². The summed E-state index contributed by atoms with van der Waals surface area (Å²) in [6.45, 7) is 0.626. The van der Waals surface area contributed by atoms with Crippen molar-refractivity contribution in [2.24, 2.45) is 0 Å². The molecule has 3 aromatic heterocycles. The monoisotopic (exact) mass is 424 g/mol. The molecule has 4 heterocycles. The maximum atomic E-state index is 12.9. The number of aromatic amines is 2. The molecule has 158 valence electrons. The molecule has 0 atom stereocenters. The first kappa shape index (κ1) is 19.2. The number of amides is 1. The zero-order chi connectivity index (χ0) is 21.4. The number of rotatable bonds is 5. The Morgan fingerprint density at radius 1 is 1.26 bits per heavy atom. The molecular weight excluding hydrogens is 406 g/mol. The van der Waals surface area contributed by atoms with Crippen LogP contribution < -0.4 is 5.32 Å². The number of halogens is 2. The summed E-state index contributed by atoms with van der Waals surface area (Å²) in [5.41, 5.74) is 3.58. The van der Waals surface area contributed by atoms with Crippen LogP contribution in [0, 0.1) is 0 Å². The Hall–Kier alpha value is -3.73. The van der Waals surface area contributed by atoms with Gasteiger partial charge in [-0.3, -0.25) is 14.8 Å². The molecule has 1 amide bonds. The fraction of sp³-hybridized carbons (Fsp3) is 0.250. The molecule has 0 radical (unpaired) electrons. The van der Waals surface area contributed by atoms with E-state index in [0.29, 0.717) is 53.2 Å². The second kappa shape index (κ2) is 7.84. The van der Waals surface area contributed by atoms with Gasteiger partial charge in [-0.25, -0.2) is 13.8 Å². The number of fused-ring (bicyclic) bond motifs is 2. The van der Waals surface area contributed by atoms with E-state index < -0.39 is 6.43 Å². The van der Waals surface area contributed by atoms with Gasteiger partial charge in [0.1, 0.15) is 5.69 Å². The van der Waals surface area contributed by atoms with Crippen LogP contribution in [-0.2, 0) is 13.0 Å². The van der Waals surface area contributed by atoms with Crippen molar-refractivity contribution in [1.29, 1.82) is 0 Å². The molecule has 3 N–H and O–H groups in total. The van der Waals surface area contributed by atoms with Crippen molar-refractivity contribution in [1.82, 2.24) is 35.3 Å². The van der Waals surface area contributed by atoms with E-state index in [1.807, 2.05) is 12.1 Å². The fourth-order valence-corrected chi connectivity index (χ4v) is 3.76. The molecule has 0 aliphatic carbocycles. The molecule has 0 spiro atoms. The van der Waals surface area contributed by atoms with Gasteiger partial charge in [-0.1, -0.05) is 18.2 Å². The zero-order valence-corrected chi connectivity index (χ0v) is 16.3. The third-order valence-corrected chi connectivity index (χ3v) is 5.22. The molecule has 0 saturated carbocycles. The number of hydrogen-bond acceptors (Lipinski definition) is 6. The Morgan fingerprint density at radius 2 is 2.13 bits per heavy atom. The number of H-pyrrole nitrogens is 2. The number of carbonyl (C=O) groups is 1. The number of nitrogens with one attached hydrogen (secondary N) is 3. The molecule has 9 nitrogen and oxygen atoms in total. The van der Waals surface area contributed by atoms with Crippen molar-refractivity contribution in [2.75, 3.05) is 18.4 Å². The van der Waals surface area contributed by atoms with Gasteiger partial charge in [0.2, 0.25) is 0 Å². The van der Waals surface area contributed by atoms with E-state index in [9.17, 15) is 13.6 Å². The minimum Gasteiger partial charge on any atom is -0.339 e. The molecule has 1 aromatic carbocycles. The first-order valence-corrected chi connectivity index (χ1v) is 9.72. The zero-order valence-electron chi connectivity index (χ0n) is 16.3. The van der Waals surface area contributed by atoms with Crippen molar-refractivity contribution in [3.05, 3.63) is 53.6 Å². The van der Waals surface area contributed by atoms with E-state index in [-0.39, 0.29) is 12.5 Å². The Kier molecular flexibility index (Phi) is 4.86. The number of hydrogen-bond donors (Lipinski definition) is 3. The van der Waals surface area contributed by atoms with Crippen molar-refractivity contribution >= 4 is 22.5 Å². The second-order valence-corrected chi connectivity index (χ2v) is 7.28. The van der Waals surface area contributed by atoms with Gasteiger partial charge in [0.25, 0.3) is 12.3 Å². The molecule has 1 aliphatic heterocycles. The van der Waals surface area contributed by atoms with E-state index in [1.165, 1.54) is 12.4 Å². The Morgan fingerprint density at radius 3 is 3.00 bits per heavy atom. The van der Waals surface area contributed by atoms with Gasteiger partial charge in [-0.05, 0) is 6.07 Å². The lowest BCUT2D eigenvalue weighted by Crippen LogP contribution is -2.34. The van der Waals surface area contributed by atoms with E-state index >= 15 is 0 Å². The molecule has 4 aromatic rings. The van der Waals surface area contributed by atoms with Crippen LogP contribution in [0.4, 0.5) is 14.5 Å². The summed E-state index contributed by atoms with van der Waals surface area (Å²) in [6, 6.07) is 7.25. The van der Waals surface area contributed by atoms with Crippen LogP contribution in [0.15, 0.2) is 36.7 Å². The maximum Gasteiger partial charge on any atom is 0.258 e. The predicted octanol–water partition coefficient (Wildman–Crippen LogP) is 2.62. The Labute approximate surface area is 174 Å². The highest BCUT2D eigenvalue weighted by Gasteiger charge is 2.24. The molecule has 0 saturated heterocycles. The van der Waals surface area contributed by atoms with Crippen LogP contribution in [0.5, 0.6) is 0 Å². The lowest BCUT2D eigenvalue weighted by atomic mass is 10.1. The minimum absolute atomic E-state index is 0.271. The predicted molar refractivity (Wildman–Crippen MR) is 109 cm³/mol. The molecule has 11 heteroatoms. The van der Waals surface area contributed by atoms with E-state index in [1.54, 1.807) is 17.0 Å². The fourth-order valence-electron chi connectivity index (χ4n) is 3.76. The van der Waals surface area contributed by atoms with Crippen LogP contribution in [0.2, 0.25) is 0 Å². The number of aromatic nitrogens is 6. The van der Waals surface area contributed by atoms with Gasteiger partial charge in [-0.2, -0.15) is 15.3 Å². The quantitative estimate of drug-likeness (QED) is 0.454. The number of benzene rings is 1. The molecule has 31 heavy (non-hydrogen) atoms. The molecular formula is C20H18F2N8O. The van der Waals surface area contributed by atoms with Gasteiger partial charge in [-0.15, -0.1) is 0 Å². The van der Waals surface area contributed by atoms with Crippen LogP contribution in [0.25, 0.3) is 22.4 Å². The first-order valence-electron chi connectivity index (χ1n) is 9.72. The molecule has 1 aliphatic rings. The summed E-state index contributed by atoms with van der Waals surface area (Å²) in [6.07, 6.45) is 1.11. The topological polar surface area (TPSA) is 115 Å². The van der Waals surface area contributed by atoms with Crippen molar-refractivity contribution < 1.29 is 13.6 Å². The molecule has 5 rings (SSSR count). The summed E-state index contributed by atoms with van der Waals surface area (Å²) < 4.78 is 25.4. The largest absolute Gasteiger partial charge is 0.339 e. The number of alkyl halides is 2. The normalized spacial score (nSPS) is 14.2. The molecule has 0 fully saturated rings. The van der Waals surface area contributed by atoms with Crippen LogP contribution in [0.3, 0.4) is 0 Å². The van der Waals surface area contributed by atoms with Crippen molar-refractivity contribution in [3.63, 3.8) is 0 Å². The third kappa shape index (κ3) is 3.75. The lowest BCUT2D eigenvalue weighted by molar-refractivity contribution is 0.0812. The van der Waals surface area contributed by atoms with Gasteiger partial charge in [0.05, 0.1) is 47.1 Å². The van der Waals surface area contributed by atoms with Crippen LogP contribution in [-0.4, -0.2) is 60.7 Å². The summed E-state index contributed by atoms with van der Waals surface area (Å²) in [7, 11) is 0. The van der Waals surface area contributed by atoms with E-state index in [4.69, 9.17) is 0 Å². The first-order chi connectivity index (χ1) is 15.1. The van der Waals surface area contributed by atoms with Gasteiger partial charge in [0.15, 0.2) is 5.82 Å². The van der Waals surface area contributed by atoms with Gasteiger partial charge >= 0.3 is 0 Å². The van der Waals surface area contributed by atoms with Gasteiger partial charge < -0.3 is 10.3 Å². The van der Waals surface area contributed by atoms with Gasteiger partial charge in [0, 0.05) is 24.9 Å². The summed E-state index contributed by atoms with van der Waals surface area (Å²) >= 11 is 0. The average molecular weight is 424 g/mol. The Bertz CT molecular complexity index is 1250. The Balaban J connectivity index is 1.40. The van der Waals surface area contributed by atoms with E-state index in [2.05, 4.69) is 35.7 Å². The standard InChI is InChI=1S/C20H18F2N8O/c21-17(22)10-30-6-5-14-16(9-30)26-19(25-14)18-15(8-24-29-18)27-20(31)12-7-23-28-13-4-2-1-3-11(12)13/h1-4,7-8,17H,5-6,9-10H2,(H,24,29)(H,25,26)(H,27,31). The molecule has 0 bridgehead atoms. The maximum absolute atomic E-state index is 12.9. The average Bonchev–Trinajstić information content (AvgIpc) is 3.39. The number of anilines is 1. The summed E-state index contributed by atoms with van der Waals surface area (Å²) in [5.74, 6) is 0.141. The smallest absolute Gasteiger partial charge is 0.258 e.